The van der Waals surface area contributed by atoms with Crippen molar-refractivity contribution in [3.05, 3.63) is 63.9 Å². The van der Waals surface area contributed by atoms with E-state index in [9.17, 15) is 19.7 Å². The average Bonchev–Trinajstić information content (AvgIpc) is 3.02. The first-order valence-corrected chi connectivity index (χ1v) is 7.39. The van der Waals surface area contributed by atoms with Crippen molar-refractivity contribution in [3.63, 3.8) is 0 Å². The summed E-state index contributed by atoms with van der Waals surface area (Å²) in [6, 6.07) is 11.9. The Morgan fingerprint density at radius 2 is 1.92 bits per heavy atom. The van der Waals surface area contributed by atoms with E-state index in [0.29, 0.717) is 6.54 Å². The van der Waals surface area contributed by atoms with E-state index in [1.54, 1.807) is 0 Å². The van der Waals surface area contributed by atoms with Gasteiger partial charge in [0, 0.05) is 19.6 Å². The number of carbonyl (C=O) groups excluding carboxylic acids is 2. The molecule has 124 valence electrons. The molecule has 1 N–H and O–H groups in total. The Bertz CT molecular complexity index is 765. The monoisotopic (exact) mass is 329 g/mol. The fourth-order valence-electron chi connectivity index (χ4n) is 2.44. The van der Waals surface area contributed by atoms with Gasteiger partial charge in [0.1, 0.15) is 4.92 Å². The van der Waals surface area contributed by atoms with Gasteiger partial charge in [-0.3, -0.25) is 19.7 Å². The maximum absolute atomic E-state index is 12.1. The van der Waals surface area contributed by atoms with Gasteiger partial charge in [-0.1, -0.05) is 30.3 Å². The average molecular weight is 329 g/mol. The van der Waals surface area contributed by atoms with Crippen molar-refractivity contribution in [2.45, 2.75) is 6.54 Å². The van der Waals surface area contributed by atoms with Crippen molar-refractivity contribution in [3.8, 4) is 0 Å². The number of likely N-dealkylation sites (tertiary alicyclic amines) is 1. The summed E-state index contributed by atoms with van der Waals surface area (Å²) in [7, 11) is 0. The number of benzene rings is 1. The van der Waals surface area contributed by atoms with Gasteiger partial charge in [-0.15, -0.1) is 0 Å². The van der Waals surface area contributed by atoms with Crippen LogP contribution in [0.4, 0.5) is 5.88 Å². The first-order valence-electron chi connectivity index (χ1n) is 7.39. The predicted octanol–water partition coefficient (Wildman–Crippen LogP) is 1.58. The van der Waals surface area contributed by atoms with Crippen molar-refractivity contribution in [1.29, 1.82) is 0 Å². The quantitative estimate of drug-likeness (QED) is 0.662. The van der Waals surface area contributed by atoms with Crippen LogP contribution in [0.25, 0.3) is 0 Å². The summed E-state index contributed by atoms with van der Waals surface area (Å²) < 4.78 is 4.87. The normalized spacial score (nSPS) is 14.1. The fraction of sp³-hybridized carbons (Fsp3) is 0.250. The topological polar surface area (TPSA) is 106 Å². The number of furan rings is 1. The summed E-state index contributed by atoms with van der Waals surface area (Å²) in [5.41, 5.74) is 1.00. The highest BCUT2D eigenvalue weighted by Gasteiger charge is 2.37. The molecule has 8 heteroatoms. The van der Waals surface area contributed by atoms with E-state index in [0.717, 1.165) is 11.6 Å². The predicted molar refractivity (Wildman–Crippen MR) is 83.0 cm³/mol. The Balaban J connectivity index is 1.48. The van der Waals surface area contributed by atoms with E-state index >= 15 is 0 Å². The lowest BCUT2D eigenvalue weighted by molar-refractivity contribution is -0.402. The molecule has 1 aliphatic heterocycles. The summed E-state index contributed by atoms with van der Waals surface area (Å²) >= 11 is 0. The van der Waals surface area contributed by atoms with Crippen LogP contribution in [0.15, 0.2) is 46.9 Å². The Morgan fingerprint density at radius 3 is 2.54 bits per heavy atom. The fourth-order valence-corrected chi connectivity index (χ4v) is 2.44. The molecule has 1 aromatic carbocycles. The molecule has 2 aromatic rings. The lowest BCUT2D eigenvalue weighted by Gasteiger charge is -2.37. The Hall–Kier alpha value is -3.16. The molecule has 1 aliphatic rings. The second-order valence-electron chi connectivity index (χ2n) is 5.51. The van der Waals surface area contributed by atoms with E-state index in [1.165, 1.54) is 11.0 Å². The van der Waals surface area contributed by atoms with E-state index in [-0.39, 0.29) is 30.7 Å². The summed E-state index contributed by atoms with van der Waals surface area (Å²) in [5, 5.41) is 13.4. The standard InChI is InChI=1S/C16H15N3O5/c20-15(17-8-11-4-2-1-3-5-11)12-9-18(10-12)16(21)13-6-7-14(24-13)19(22)23/h1-7,12H,8-10H2,(H,17,20). The van der Waals surface area contributed by atoms with Crippen LogP contribution in [0.3, 0.4) is 0 Å². The molecule has 1 aromatic heterocycles. The van der Waals surface area contributed by atoms with Crippen molar-refractivity contribution in [2.75, 3.05) is 13.1 Å². The smallest absolute Gasteiger partial charge is 0.395 e. The largest absolute Gasteiger partial charge is 0.433 e. The van der Waals surface area contributed by atoms with Crippen LogP contribution in [0, 0.1) is 16.0 Å². The summed E-state index contributed by atoms with van der Waals surface area (Å²) in [5.74, 6) is -1.41. The highest BCUT2D eigenvalue weighted by atomic mass is 16.6. The Morgan fingerprint density at radius 1 is 1.21 bits per heavy atom. The van der Waals surface area contributed by atoms with Gasteiger partial charge in [0.2, 0.25) is 5.91 Å². The van der Waals surface area contributed by atoms with E-state index < -0.39 is 16.7 Å². The zero-order chi connectivity index (χ0) is 17.1. The zero-order valence-electron chi connectivity index (χ0n) is 12.7. The molecule has 8 nitrogen and oxygen atoms in total. The number of amides is 2. The van der Waals surface area contributed by atoms with Gasteiger partial charge < -0.3 is 14.6 Å². The van der Waals surface area contributed by atoms with Gasteiger partial charge in [0.05, 0.1) is 12.0 Å². The third-order valence-corrected chi connectivity index (χ3v) is 3.83. The van der Waals surface area contributed by atoms with Crippen molar-refractivity contribution < 1.29 is 18.9 Å². The highest BCUT2D eigenvalue weighted by Crippen LogP contribution is 2.22. The van der Waals surface area contributed by atoms with Gasteiger partial charge in [-0.05, 0) is 11.6 Å². The van der Waals surface area contributed by atoms with Crippen LogP contribution in [-0.4, -0.2) is 34.7 Å². The molecule has 24 heavy (non-hydrogen) atoms. The molecule has 1 saturated heterocycles. The molecule has 3 rings (SSSR count). The SMILES string of the molecule is O=C(NCc1ccccc1)C1CN(C(=O)c2ccc([N+](=O)[O-])o2)C1. The van der Waals surface area contributed by atoms with Gasteiger partial charge in [-0.2, -0.15) is 0 Å². The van der Waals surface area contributed by atoms with Gasteiger partial charge in [0.25, 0.3) is 5.91 Å². The zero-order valence-corrected chi connectivity index (χ0v) is 12.7. The van der Waals surface area contributed by atoms with Gasteiger partial charge in [0.15, 0.2) is 5.76 Å². The van der Waals surface area contributed by atoms with Gasteiger partial charge in [-0.25, -0.2) is 0 Å². The molecular weight excluding hydrogens is 314 g/mol. The van der Waals surface area contributed by atoms with Crippen molar-refractivity contribution in [1.82, 2.24) is 10.2 Å². The lowest BCUT2D eigenvalue weighted by Crippen LogP contribution is -2.55. The van der Waals surface area contributed by atoms with Crippen LogP contribution < -0.4 is 5.32 Å². The summed E-state index contributed by atoms with van der Waals surface area (Å²) in [6.07, 6.45) is 0. The minimum Gasteiger partial charge on any atom is -0.395 e. The number of hydrogen-bond acceptors (Lipinski definition) is 5. The van der Waals surface area contributed by atoms with Crippen LogP contribution >= 0.6 is 0 Å². The summed E-state index contributed by atoms with van der Waals surface area (Å²) in [6.45, 7) is 0.983. The number of nitro groups is 1. The van der Waals surface area contributed by atoms with Crippen molar-refractivity contribution >= 4 is 17.7 Å². The molecule has 2 heterocycles. The molecule has 0 aliphatic carbocycles. The molecular formula is C16H15N3O5. The second-order valence-corrected chi connectivity index (χ2v) is 5.51. The van der Waals surface area contributed by atoms with E-state index in [1.807, 2.05) is 30.3 Å². The third kappa shape index (κ3) is 3.27. The maximum Gasteiger partial charge on any atom is 0.433 e. The summed E-state index contributed by atoms with van der Waals surface area (Å²) in [4.78, 5) is 35.4. The number of nitrogens with zero attached hydrogens (tertiary/aromatic N) is 2. The molecule has 0 saturated carbocycles. The van der Waals surface area contributed by atoms with Crippen LogP contribution in [0.5, 0.6) is 0 Å². The number of nitrogens with one attached hydrogen (secondary N) is 1. The van der Waals surface area contributed by atoms with Crippen LogP contribution in [0.2, 0.25) is 0 Å². The minimum atomic E-state index is -0.702. The van der Waals surface area contributed by atoms with Crippen molar-refractivity contribution in [2.24, 2.45) is 5.92 Å². The van der Waals surface area contributed by atoms with Crippen LogP contribution in [0.1, 0.15) is 16.1 Å². The molecule has 2 amide bonds. The molecule has 0 spiro atoms. The second kappa shape index (κ2) is 6.53. The molecule has 0 radical (unpaired) electrons. The maximum atomic E-state index is 12.1. The van der Waals surface area contributed by atoms with Crippen LogP contribution in [-0.2, 0) is 11.3 Å². The molecule has 0 atom stereocenters. The Kier molecular flexibility index (Phi) is 4.28. The number of rotatable bonds is 5. The number of carbonyl (C=O) groups is 2. The first-order chi connectivity index (χ1) is 11.5. The van der Waals surface area contributed by atoms with E-state index in [4.69, 9.17) is 4.42 Å². The molecule has 0 bridgehead atoms. The molecule has 1 fully saturated rings. The van der Waals surface area contributed by atoms with E-state index in [2.05, 4.69) is 5.32 Å². The number of hydrogen-bond donors (Lipinski definition) is 1. The third-order valence-electron chi connectivity index (χ3n) is 3.83. The lowest BCUT2D eigenvalue weighted by atomic mass is 9.98. The molecule has 0 unspecified atom stereocenters. The minimum absolute atomic E-state index is 0.0927. The van der Waals surface area contributed by atoms with Gasteiger partial charge >= 0.3 is 5.88 Å². The highest BCUT2D eigenvalue weighted by molar-refractivity contribution is 5.94. The first kappa shape index (κ1) is 15.7. The Labute approximate surface area is 137 Å².